The standard InChI is InChI=1S/C12H11ClN2O2S/c1-17-7-2-3-9(14)10(6-7)15-12(16)11-8(13)4-5-18-11/h2-6H,14H2,1H3,(H,15,16). The molecule has 0 spiro atoms. The van der Waals surface area contributed by atoms with Crippen LogP contribution in [0, 0.1) is 0 Å². The van der Waals surface area contributed by atoms with Gasteiger partial charge in [-0.25, -0.2) is 0 Å². The molecule has 0 aliphatic heterocycles. The largest absolute Gasteiger partial charge is 0.497 e. The lowest BCUT2D eigenvalue weighted by Gasteiger charge is -2.09. The van der Waals surface area contributed by atoms with Crippen LogP contribution in [0.2, 0.25) is 5.02 Å². The second-order valence-corrected chi connectivity index (χ2v) is 4.83. The minimum absolute atomic E-state index is 0.282. The fourth-order valence-corrected chi connectivity index (χ4v) is 2.44. The van der Waals surface area contributed by atoms with Crippen molar-refractivity contribution in [3.8, 4) is 5.75 Å². The monoisotopic (exact) mass is 282 g/mol. The molecule has 2 rings (SSSR count). The Morgan fingerprint density at radius 2 is 2.22 bits per heavy atom. The summed E-state index contributed by atoms with van der Waals surface area (Å²) in [5.74, 6) is 0.340. The first-order valence-corrected chi connectivity index (χ1v) is 6.35. The minimum atomic E-state index is -0.282. The van der Waals surface area contributed by atoms with Crippen LogP contribution in [0.5, 0.6) is 5.75 Å². The highest BCUT2D eigenvalue weighted by molar-refractivity contribution is 7.12. The Balaban J connectivity index is 2.24. The SMILES string of the molecule is COc1ccc(N)c(NC(=O)c2sccc2Cl)c1. The summed E-state index contributed by atoms with van der Waals surface area (Å²) >= 11 is 7.17. The third kappa shape index (κ3) is 2.57. The molecule has 1 amide bonds. The zero-order valence-corrected chi connectivity index (χ0v) is 11.1. The van der Waals surface area contributed by atoms with Crippen molar-refractivity contribution in [2.45, 2.75) is 0 Å². The molecule has 4 nitrogen and oxygen atoms in total. The van der Waals surface area contributed by atoms with Gasteiger partial charge in [-0.15, -0.1) is 11.3 Å². The summed E-state index contributed by atoms with van der Waals surface area (Å²) in [6, 6.07) is 6.73. The molecule has 0 saturated carbocycles. The van der Waals surface area contributed by atoms with Crippen LogP contribution in [-0.2, 0) is 0 Å². The fraction of sp³-hybridized carbons (Fsp3) is 0.0833. The van der Waals surface area contributed by atoms with Gasteiger partial charge in [0.05, 0.1) is 23.5 Å². The van der Waals surface area contributed by atoms with Crippen molar-refractivity contribution in [1.29, 1.82) is 0 Å². The molecule has 0 unspecified atom stereocenters. The summed E-state index contributed by atoms with van der Waals surface area (Å²) in [5, 5.41) is 4.90. The van der Waals surface area contributed by atoms with Gasteiger partial charge in [-0.1, -0.05) is 11.6 Å². The summed E-state index contributed by atoms with van der Waals surface area (Å²) in [5.41, 5.74) is 6.76. The highest BCUT2D eigenvalue weighted by Crippen LogP contribution is 2.27. The van der Waals surface area contributed by atoms with Crippen LogP contribution >= 0.6 is 22.9 Å². The lowest BCUT2D eigenvalue weighted by atomic mass is 10.2. The van der Waals surface area contributed by atoms with Gasteiger partial charge in [0, 0.05) is 6.07 Å². The van der Waals surface area contributed by atoms with Crippen molar-refractivity contribution in [1.82, 2.24) is 0 Å². The zero-order chi connectivity index (χ0) is 13.1. The van der Waals surface area contributed by atoms with Crippen molar-refractivity contribution in [2.24, 2.45) is 0 Å². The van der Waals surface area contributed by atoms with E-state index in [0.29, 0.717) is 27.0 Å². The number of nitrogens with one attached hydrogen (secondary N) is 1. The van der Waals surface area contributed by atoms with E-state index in [1.54, 1.807) is 36.8 Å². The first-order valence-electron chi connectivity index (χ1n) is 5.09. The number of hydrogen-bond donors (Lipinski definition) is 2. The average molecular weight is 283 g/mol. The van der Waals surface area contributed by atoms with Crippen LogP contribution in [0.1, 0.15) is 9.67 Å². The van der Waals surface area contributed by atoms with E-state index in [9.17, 15) is 4.79 Å². The molecule has 0 fully saturated rings. The molecule has 6 heteroatoms. The number of methoxy groups -OCH3 is 1. The number of ether oxygens (including phenoxy) is 1. The molecular weight excluding hydrogens is 272 g/mol. The molecule has 0 aliphatic carbocycles. The van der Waals surface area contributed by atoms with Gasteiger partial charge < -0.3 is 15.8 Å². The lowest BCUT2D eigenvalue weighted by molar-refractivity contribution is 0.103. The number of carbonyl (C=O) groups is 1. The topological polar surface area (TPSA) is 64.3 Å². The number of anilines is 2. The summed E-state index contributed by atoms with van der Waals surface area (Å²) in [6.07, 6.45) is 0. The third-order valence-electron chi connectivity index (χ3n) is 2.33. The lowest BCUT2D eigenvalue weighted by Crippen LogP contribution is -2.12. The molecule has 0 radical (unpaired) electrons. The number of nitrogen functional groups attached to an aromatic ring is 1. The molecule has 0 atom stereocenters. The van der Waals surface area contributed by atoms with Crippen molar-refractivity contribution in [3.05, 3.63) is 39.5 Å². The van der Waals surface area contributed by atoms with E-state index >= 15 is 0 Å². The quantitative estimate of drug-likeness (QED) is 0.850. The fourth-order valence-electron chi connectivity index (χ4n) is 1.41. The summed E-state index contributed by atoms with van der Waals surface area (Å²) < 4.78 is 5.08. The number of amides is 1. The van der Waals surface area contributed by atoms with Gasteiger partial charge in [0.15, 0.2) is 0 Å². The van der Waals surface area contributed by atoms with Crippen molar-refractivity contribution < 1.29 is 9.53 Å². The van der Waals surface area contributed by atoms with E-state index in [1.165, 1.54) is 11.3 Å². The van der Waals surface area contributed by atoms with Crippen LogP contribution in [-0.4, -0.2) is 13.0 Å². The minimum Gasteiger partial charge on any atom is -0.497 e. The molecule has 94 valence electrons. The molecule has 0 aliphatic rings. The van der Waals surface area contributed by atoms with E-state index in [0.717, 1.165) is 0 Å². The number of rotatable bonds is 3. The van der Waals surface area contributed by atoms with Crippen LogP contribution in [0.3, 0.4) is 0 Å². The van der Waals surface area contributed by atoms with E-state index in [-0.39, 0.29) is 5.91 Å². The van der Waals surface area contributed by atoms with Gasteiger partial charge in [-0.05, 0) is 23.6 Å². The Kier molecular flexibility index (Phi) is 3.74. The summed E-state index contributed by atoms with van der Waals surface area (Å²) in [7, 11) is 1.55. The molecular formula is C12H11ClN2O2S. The van der Waals surface area contributed by atoms with Crippen LogP contribution in [0.15, 0.2) is 29.6 Å². The number of hydrogen-bond acceptors (Lipinski definition) is 4. The maximum Gasteiger partial charge on any atom is 0.267 e. The predicted octanol–water partition coefficient (Wildman–Crippen LogP) is 3.24. The molecule has 2 aromatic rings. The number of halogens is 1. The maximum absolute atomic E-state index is 12.0. The molecule has 3 N–H and O–H groups in total. The molecule has 1 aromatic carbocycles. The Morgan fingerprint density at radius 1 is 1.44 bits per heavy atom. The highest BCUT2D eigenvalue weighted by Gasteiger charge is 2.13. The van der Waals surface area contributed by atoms with Crippen LogP contribution < -0.4 is 15.8 Å². The second-order valence-electron chi connectivity index (χ2n) is 3.50. The second kappa shape index (κ2) is 5.29. The Hall–Kier alpha value is -1.72. The van der Waals surface area contributed by atoms with Gasteiger partial charge in [0.2, 0.25) is 0 Å². The first-order chi connectivity index (χ1) is 8.61. The highest BCUT2D eigenvalue weighted by atomic mass is 35.5. The van der Waals surface area contributed by atoms with Crippen LogP contribution in [0.4, 0.5) is 11.4 Å². The Labute approximate surface area is 113 Å². The van der Waals surface area contributed by atoms with E-state index in [2.05, 4.69) is 5.32 Å². The Bertz CT molecular complexity index is 583. The third-order valence-corrected chi connectivity index (χ3v) is 3.67. The first kappa shape index (κ1) is 12.7. The van der Waals surface area contributed by atoms with Gasteiger partial charge in [0.1, 0.15) is 10.6 Å². The van der Waals surface area contributed by atoms with Gasteiger partial charge >= 0.3 is 0 Å². The summed E-state index contributed by atoms with van der Waals surface area (Å²) in [6.45, 7) is 0. The number of benzene rings is 1. The van der Waals surface area contributed by atoms with Crippen molar-refractivity contribution in [2.75, 3.05) is 18.2 Å². The summed E-state index contributed by atoms with van der Waals surface area (Å²) in [4.78, 5) is 12.4. The normalized spacial score (nSPS) is 10.1. The number of thiophene rings is 1. The molecule has 18 heavy (non-hydrogen) atoms. The molecule has 1 aromatic heterocycles. The van der Waals surface area contributed by atoms with Crippen LogP contribution in [0.25, 0.3) is 0 Å². The molecule has 0 bridgehead atoms. The van der Waals surface area contributed by atoms with Crippen molar-refractivity contribution >= 4 is 40.2 Å². The molecule has 1 heterocycles. The average Bonchev–Trinajstić information content (AvgIpc) is 2.78. The zero-order valence-electron chi connectivity index (χ0n) is 9.57. The van der Waals surface area contributed by atoms with E-state index < -0.39 is 0 Å². The number of nitrogens with two attached hydrogens (primary N) is 1. The van der Waals surface area contributed by atoms with E-state index in [1.807, 2.05) is 0 Å². The van der Waals surface area contributed by atoms with Gasteiger partial charge in [-0.2, -0.15) is 0 Å². The number of carbonyl (C=O) groups excluding carboxylic acids is 1. The Morgan fingerprint density at radius 3 is 2.83 bits per heavy atom. The smallest absolute Gasteiger partial charge is 0.267 e. The van der Waals surface area contributed by atoms with E-state index in [4.69, 9.17) is 22.1 Å². The van der Waals surface area contributed by atoms with Gasteiger partial charge in [0.25, 0.3) is 5.91 Å². The molecule has 0 saturated heterocycles. The predicted molar refractivity (Wildman–Crippen MR) is 74.7 cm³/mol. The van der Waals surface area contributed by atoms with Gasteiger partial charge in [-0.3, -0.25) is 4.79 Å². The van der Waals surface area contributed by atoms with Crippen molar-refractivity contribution in [3.63, 3.8) is 0 Å². The maximum atomic E-state index is 12.0.